The lowest BCUT2D eigenvalue weighted by Gasteiger charge is -2.31. The maximum absolute atomic E-state index is 11.4. The summed E-state index contributed by atoms with van der Waals surface area (Å²) in [4.78, 5) is 22.1. The standard InChI is InChI=1S/C22H27N5O2/c1-3-17-5-4-6-19(13-17)26-21-14-20(24-16-25-21)23-10-7-18-8-11-27(12-9-18)15-22(28)29-2/h1,4-6,13-14,16,18H,7-12,15H2,2H3,(H2,23,24,25,26). The van der Waals surface area contributed by atoms with Gasteiger partial charge in [0.1, 0.15) is 18.0 Å². The van der Waals surface area contributed by atoms with E-state index in [4.69, 9.17) is 11.2 Å². The second kappa shape index (κ2) is 10.4. The van der Waals surface area contributed by atoms with E-state index in [1.54, 1.807) is 6.33 Å². The normalized spacial score (nSPS) is 14.8. The van der Waals surface area contributed by atoms with Gasteiger partial charge in [-0.2, -0.15) is 0 Å². The fourth-order valence-electron chi connectivity index (χ4n) is 3.44. The number of benzene rings is 1. The van der Waals surface area contributed by atoms with E-state index < -0.39 is 0 Å². The Hall–Kier alpha value is -3.11. The zero-order valence-corrected chi connectivity index (χ0v) is 16.7. The Morgan fingerprint density at radius 2 is 2.07 bits per heavy atom. The van der Waals surface area contributed by atoms with Crippen LogP contribution in [0.3, 0.4) is 0 Å². The molecule has 0 atom stereocenters. The molecule has 29 heavy (non-hydrogen) atoms. The number of carbonyl (C=O) groups excluding carboxylic acids is 1. The largest absolute Gasteiger partial charge is 0.468 e. The summed E-state index contributed by atoms with van der Waals surface area (Å²) in [5, 5.41) is 6.64. The zero-order valence-electron chi connectivity index (χ0n) is 16.7. The molecule has 0 bridgehead atoms. The van der Waals surface area contributed by atoms with E-state index in [1.807, 2.05) is 30.3 Å². The quantitative estimate of drug-likeness (QED) is 0.527. The first-order valence-electron chi connectivity index (χ1n) is 9.85. The number of piperidine rings is 1. The maximum Gasteiger partial charge on any atom is 0.319 e. The molecule has 1 saturated heterocycles. The number of hydrogen-bond acceptors (Lipinski definition) is 7. The Morgan fingerprint density at radius 1 is 1.28 bits per heavy atom. The van der Waals surface area contributed by atoms with E-state index in [9.17, 15) is 4.79 Å². The summed E-state index contributed by atoms with van der Waals surface area (Å²) in [6.45, 7) is 3.13. The third-order valence-corrected chi connectivity index (χ3v) is 5.11. The highest BCUT2D eigenvalue weighted by Crippen LogP contribution is 2.21. The Balaban J connectivity index is 1.43. The van der Waals surface area contributed by atoms with Crippen LogP contribution in [-0.4, -0.2) is 54.1 Å². The number of esters is 1. The third-order valence-electron chi connectivity index (χ3n) is 5.11. The molecule has 0 radical (unpaired) electrons. The SMILES string of the molecule is C#Cc1cccc(Nc2cc(NCCC3CCN(CC(=O)OC)CC3)ncn2)c1. The van der Waals surface area contributed by atoms with Gasteiger partial charge in [0, 0.05) is 23.9 Å². The van der Waals surface area contributed by atoms with Gasteiger partial charge in [-0.15, -0.1) is 6.42 Å². The first-order valence-corrected chi connectivity index (χ1v) is 9.85. The van der Waals surface area contributed by atoms with E-state index in [0.717, 1.165) is 56.0 Å². The highest BCUT2D eigenvalue weighted by atomic mass is 16.5. The first kappa shape index (κ1) is 20.6. The second-order valence-electron chi connectivity index (χ2n) is 7.15. The number of anilines is 3. The van der Waals surface area contributed by atoms with E-state index in [1.165, 1.54) is 7.11 Å². The Labute approximate surface area is 171 Å². The summed E-state index contributed by atoms with van der Waals surface area (Å²) in [7, 11) is 1.43. The Kier molecular flexibility index (Phi) is 7.42. The number of terminal acetylenes is 1. The molecule has 2 heterocycles. The molecule has 1 fully saturated rings. The fourth-order valence-corrected chi connectivity index (χ4v) is 3.44. The van der Waals surface area contributed by atoms with E-state index in [0.29, 0.717) is 18.3 Å². The lowest BCUT2D eigenvalue weighted by molar-refractivity contribution is -0.142. The molecule has 3 rings (SSSR count). The molecule has 0 aliphatic carbocycles. The molecule has 0 saturated carbocycles. The molecule has 1 aromatic heterocycles. The number of rotatable bonds is 8. The van der Waals surface area contributed by atoms with Crippen molar-refractivity contribution in [3.8, 4) is 12.3 Å². The number of ether oxygens (including phenoxy) is 1. The van der Waals surface area contributed by atoms with Crippen LogP contribution in [0.1, 0.15) is 24.8 Å². The molecule has 0 amide bonds. The summed E-state index contributed by atoms with van der Waals surface area (Å²) in [5.41, 5.74) is 1.71. The number of nitrogens with one attached hydrogen (secondary N) is 2. The highest BCUT2D eigenvalue weighted by molar-refractivity contribution is 5.71. The van der Waals surface area contributed by atoms with Crippen molar-refractivity contribution >= 4 is 23.3 Å². The van der Waals surface area contributed by atoms with Crippen LogP contribution in [-0.2, 0) is 9.53 Å². The predicted octanol–water partition coefficient (Wildman–Crippen LogP) is 2.89. The van der Waals surface area contributed by atoms with Crippen molar-refractivity contribution in [2.24, 2.45) is 5.92 Å². The second-order valence-corrected chi connectivity index (χ2v) is 7.15. The van der Waals surface area contributed by atoms with E-state index >= 15 is 0 Å². The highest BCUT2D eigenvalue weighted by Gasteiger charge is 2.20. The molecule has 2 N–H and O–H groups in total. The summed E-state index contributed by atoms with van der Waals surface area (Å²) in [6, 6.07) is 9.54. The van der Waals surface area contributed by atoms with Gasteiger partial charge in [0.2, 0.25) is 0 Å². The summed E-state index contributed by atoms with van der Waals surface area (Å²) >= 11 is 0. The number of likely N-dealkylation sites (tertiary alicyclic amines) is 1. The van der Waals surface area contributed by atoms with Gasteiger partial charge in [-0.25, -0.2) is 9.97 Å². The van der Waals surface area contributed by atoms with Crippen molar-refractivity contribution < 1.29 is 9.53 Å². The molecule has 1 aliphatic heterocycles. The lowest BCUT2D eigenvalue weighted by Crippen LogP contribution is -2.38. The van der Waals surface area contributed by atoms with Crippen molar-refractivity contribution in [3.63, 3.8) is 0 Å². The van der Waals surface area contributed by atoms with E-state index in [2.05, 4.69) is 31.4 Å². The smallest absolute Gasteiger partial charge is 0.319 e. The van der Waals surface area contributed by atoms with Crippen LogP contribution >= 0.6 is 0 Å². The Bertz CT molecular complexity index is 856. The van der Waals surface area contributed by atoms with Gasteiger partial charge in [0.15, 0.2) is 0 Å². The Morgan fingerprint density at radius 3 is 2.83 bits per heavy atom. The molecule has 2 aromatic rings. The minimum absolute atomic E-state index is 0.163. The topological polar surface area (TPSA) is 79.4 Å². The average Bonchev–Trinajstić information content (AvgIpc) is 2.75. The van der Waals surface area contributed by atoms with Gasteiger partial charge in [0.05, 0.1) is 13.7 Å². The average molecular weight is 393 g/mol. The molecule has 1 aliphatic rings. The molecular formula is C22H27N5O2. The van der Waals surface area contributed by atoms with Crippen LogP contribution < -0.4 is 10.6 Å². The van der Waals surface area contributed by atoms with Crippen molar-refractivity contribution in [2.45, 2.75) is 19.3 Å². The van der Waals surface area contributed by atoms with Crippen LogP contribution in [0.4, 0.5) is 17.3 Å². The monoisotopic (exact) mass is 393 g/mol. The molecule has 0 spiro atoms. The van der Waals surface area contributed by atoms with Crippen LogP contribution in [0.15, 0.2) is 36.7 Å². The van der Waals surface area contributed by atoms with Gasteiger partial charge >= 0.3 is 5.97 Å². The van der Waals surface area contributed by atoms with Crippen LogP contribution in [0, 0.1) is 18.3 Å². The zero-order chi connectivity index (χ0) is 20.5. The van der Waals surface area contributed by atoms with E-state index in [-0.39, 0.29) is 5.97 Å². The lowest BCUT2D eigenvalue weighted by atomic mass is 9.93. The minimum atomic E-state index is -0.163. The predicted molar refractivity (Wildman–Crippen MR) is 114 cm³/mol. The minimum Gasteiger partial charge on any atom is -0.468 e. The molecular weight excluding hydrogens is 366 g/mol. The van der Waals surface area contributed by atoms with Gasteiger partial charge in [0.25, 0.3) is 0 Å². The molecule has 7 heteroatoms. The summed E-state index contributed by atoms with van der Waals surface area (Å²) < 4.78 is 4.74. The third kappa shape index (κ3) is 6.47. The number of aromatic nitrogens is 2. The van der Waals surface area contributed by atoms with Gasteiger partial charge < -0.3 is 15.4 Å². The fraction of sp³-hybridized carbons (Fsp3) is 0.409. The number of carbonyl (C=O) groups is 1. The first-order chi connectivity index (χ1) is 14.2. The molecule has 152 valence electrons. The summed E-state index contributed by atoms with van der Waals surface area (Å²) in [5.74, 6) is 4.63. The van der Waals surface area contributed by atoms with Gasteiger partial charge in [-0.3, -0.25) is 9.69 Å². The van der Waals surface area contributed by atoms with Crippen LogP contribution in [0.25, 0.3) is 0 Å². The number of hydrogen-bond donors (Lipinski definition) is 2. The van der Waals surface area contributed by atoms with Crippen LogP contribution in [0.5, 0.6) is 0 Å². The van der Waals surface area contributed by atoms with Crippen molar-refractivity contribution in [2.75, 3.05) is 43.9 Å². The number of nitrogens with zero attached hydrogens (tertiary/aromatic N) is 3. The number of methoxy groups -OCH3 is 1. The van der Waals surface area contributed by atoms with Gasteiger partial charge in [-0.05, 0) is 56.5 Å². The maximum atomic E-state index is 11.4. The van der Waals surface area contributed by atoms with Crippen molar-refractivity contribution in [1.82, 2.24) is 14.9 Å². The van der Waals surface area contributed by atoms with Crippen LogP contribution in [0.2, 0.25) is 0 Å². The van der Waals surface area contributed by atoms with Gasteiger partial charge in [-0.1, -0.05) is 12.0 Å². The van der Waals surface area contributed by atoms with Crippen molar-refractivity contribution in [3.05, 3.63) is 42.2 Å². The van der Waals surface area contributed by atoms with Crippen molar-refractivity contribution in [1.29, 1.82) is 0 Å². The molecule has 0 unspecified atom stereocenters. The molecule has 7 nitrogen and oxygen atoms in total. The summed E-state index contributed by atoms with van der Waals surface area (Å²) in [6.07, 6.45) is 10.3. The molecule has 1 aromatic carbocycles.